The standard InChI is InChI=1S/C11H11N3O/c15-11-9-6-12-7-10(9)14(13-11)8-4-2-1-3-5-8/h1-5,12H,6-7H2,(H,13,15). The molecule has 1 aromatic carbocycles. The molecule has 15 heavy (non-hydrogen) atoms. The predicted octanol–water partition coefficient (Wildman–Crippen LogP) is 0.769. The van der Waals surface area contributed by atoms with Crippen LogP contribution in [0.15, 0.2) is 35.1 Å². The van der Waals surface area contributed by atoms with Crippen molar-refractivity contribution in [1.82, 2.24) is 15.1 Å². The van der Waals surface area contributed by atoms with Crippen molar-refractivity contribution in [3.05, 3.63) is 51.9 Å². The minimum absolute atomic E-state index is 0.0128. The molecule has 0 amide bonds. The van der Waals surface area contributed by atoms with Crippen LogP contribution in [0.3, 0.4) is 0 Å². The van der Waals surface area contributed by atoms with E-state index in [2.05, 4.69) is 10.4 Å². The second kappa shape index (κ2) is 3.10. The first kappa shape index (κ1) is 8.49. The molecule has 1 aliphatic rings. The van der Waals surface area contributed by atoms with Gasteiger partial charge in [-0.2, -0.15) is 0 Å². The first-order valence-corrected chi connectivity index (χ1v) is 4.95. The van der Waals surface area contributed by atoms with E-state index < -0.39 is 0 Å². The molecule has 0 radical (unpaired) electrons. The molecule has 0 unspecified atom stereocenters. The lowest BCUT2D eigenvalue weighted by Gasteiger charge is -2.05. The maximum Gasteiger partial charge on any atom is 0.269 e. The Morgan fingerprint density at radius 1 is 1.13 bits per heavy atom. The molecule has 0 fully saturated rings. The van der Waals surface area contributed by atoms with Crippen LogP contribution in [0.4, 0.5) is 0 Å². The Balaban J connectivity index is 2.22. The number of nitrogens with zero attached hydrogens (tertiary/aromatic N) is 1. The fourth-order valence-electron chi connectivity index (χ4n) is 1.97. The zero-order valence-electron chi connectivity index (χ0n) is 8.16. The van der Waals surface area contributed by atoms with Crippen LogP contribution < -0.4 is 10.9 Å². The summed E-state index contributed by atoms with van der Waals surface area (Å²) in [4.78, 5) is 11.6. The number of rotatable bonds is 1. The van der Waals surface area contributed by atoms with Crippen LogP contribution >= 0.6 is 0 Å². The van der Waals surface area contributed by atoms with Gasteiger partial charge in [0.15, 0.2) is 0 Å². The summed E-state index contributed by atoms with van der Waals surface area (Å²) in [7, 11) is 0. The largest absolute Gasteiger partial charge is 0.307 e. The van der Waals surface area contributed by atoms with Gasteiger partial charge in [0.1, 0.15) is 0 Å². The predicted molar refractivity (Wildman–Crippen MR) is 56.9 cm³/mol. The molecule has 3 rings (SSSR count). The van der Waals surface area contributed by atoms with E-state index in [9.17, 15) is 4.79 Å². The fourth-order valence-corrected chi connectivity index (χ4v) is 1.97. The molecule has 2 heterocycles. The van der Waals surface area contributed by atoms with Gasteiger partial charge in [-0.15, -0.1) is 0 Å². The van der Waals surface area contributed by atoms with Gasteiger partial charge in [0.2, 0.25) is 0 Å². The average molecular weight is 201 g/mol. The van der Waals surface area contributed by atoms with Crippen molar-refractivity contribution in [2.45, 2.75) is 13.1 Å². The van der Waals surface area contributed by atoms with E-state index in [0.717, 1.165) is 23.5 Å². The van der Waals surface area contributed by atoms with Gasteiger partial charge < -0.3 is 5.32 Å². The molecule has 2 aromatic rings. The smallest absolute Gasteiger partial charge is 0.269 e. The Morgan fingerprint density at radius 2 is 1.93 bits per heavy atom. The quantitative estimate of drug-likeness (QED) is 0.716. The fraction of sp³-hybridized carbons (Fsp3) is 0.182. The molecule has 2 N–H and O–H groups in total. The number of fused-ring (bicyclic) bond motifs is 1. The Labute approximate surface area is 86.5 Å². The third-order valence-corrected chi connectivity index (χ3v) is 2.71. The number of para-hydroxylation sites is 1. The van der Waals surface area contributed by atoms with E-state index in [-0.39, 0.29) is 5.56 Å². The van der Waals surface area contributed by atoms with Gasteiger partial charge in [-0.3, -0.25) is 14.6 Å². The first-order chi connectivity index (χ1) is 7.36. The van der Waals surface area contributed by atoms with Crippen molar-refractivity contribution in [3.8, 4) is 5.69 Å². The summed E-state index contributed by atoms with van der Waals surface area (Å²) < 4.78 is 1.86. The van der Waals surface area contributed by atoms with Gasteiger partial charge in [0.05, 0.1) is 16.9 Å². The number of nitrogens with one attached hydrogen (secondary N) is 2. The van der Waals surface area contributed by atoms with Crippen molar-refractivity contribution < 1.29 is 0 Å². The topological polar surface area (TPSA) is 49.8 Å². The van der Waals surface area contributed by atoms with Crippen LogP contribution in [0.1, 0.15) is 11.3 Å². The Kier molecular flexibility index (Phi) is 1.76. The first-order valence-electron chi connectivity index (χ1n) is 4.95. The van der Waals surface area contributed by atoms with Gasteiger partial charge >= 0.3 is 0 Å². The molecule has 0 bridgehead atoms. The van der Waals surface area contributed by atoms with Crippen LogP contribution in [0.25, 0.3) is 5.69 Å². The maximum absolute atomic E-state index is 11.6. The van der Waals surface area contributed by atoms with Crippen LogP contribution in [0.2, 0.25) is 0 Å². The second-order valence-electron chi connectivity index (χ2n) is 3.64. The molecular formula is C11H11N3O. The zero-order chi connectivity index (χ0) is 10.3. The van der Waals surface area contributed by atoms with Crippen LogP contribution in [-0.2, 0) is 13.1 Å². The molecule has 4 heteroatoms. The van der Waals surface area contributed by atoms with Gasteiger partial charge in [-0.05, 0) is 12.1 Å². The Morgan fingerprint density at radius 3 is 2.73 bits per heavy atom. The summed E-state index contributed by atoms with van der Waals surface area (Å²) in [5.41, 5.74) is 2.92. The van der Waals surface area contributed by atoms with Gasteiger partial charge in [0.25, 0.3) is 5.56 Å². The Hall–Kier alpha value is -1.81. The summed E-state index contributed by atoms with van der Waals surface area (Å²) in [6.07, 6.45) is 0. The molecule has 0 spiro atoms. The molecule has 1 aromatic heterocycles. The third kappa shape index (κ3) is 1.22. The van der Waals surface area contributed by atoms with Crippen LogP contribution in [0, 0.1) is 0 Å². The van der Waals surface area contributed by atoms with Gasteiger partial charge in [0, 0.05) is 13.1 Å². The van der Waals surface area contributed by atoms with Crippen LogP contribution in [-0.4, -0.2) is 9.78 Å². The van der Waals surface area contributed by atoms with E-state index in [1.165, 1.54) is 0 Å². The molecule has 0 saturated heterocycles. The highest BCUT2D eigenvalue weighted by Gasteiger charge is 2.19. The minimum Gasteiger partial charge on any atom is -0.307 e. The SMILES string of the molecule is O=c1[nH]n(-c2ccccc2)c2c1CNC2. The molecule has 1 aliphatic heterocycles. The van der Waals surface area contributed by atoms with E-state index >= 15 is 0 Å². The molecule has 0 atom stereocenters. The van der Waals surface area contributed by atoms with Crippen LogP contribution in [0.5, 0.6) is 0 Å². The normalized spacial score (nSPS) is 14.1. The number of hydrogen-bond donors (Lipinski definition) is 2. The lowest BCUT2D eigenvalue weighted by atomic mass is 10.3. The molecule has 0 saturated carbocycles. The lowest BCUT2D eigenvalue weighted by Crippen LogP contribution is -2.13. The summed E-state index contributed by atoms with van der Waals surface area (Å²) in [5.74, 6) is 0. The summed E-state index contributed by atoms with van der Waals surface area (Å²) in [5, 5.41) is 6.03. The summed E-state index contributed by atoms with van der Waals surface area (Å²) in [6, 6.07) is 9.84. The van der Waals surface area contributed by atoms with Crippen molar-refractivity contribution in [1.29, 1.82) is 0 Å². The highest BCUT2D eigenvalue weighted by Crippen LogP contribution is 2.15. The minimum atomic E-state index is 0.0128. The molecule has 76 valence electrons. The summed E-state index contributed by atoms with van der Waals surface area (Å²) in [6.45, 7) is 1.42. The van der Waals surface area contributed by atoms with E-state index in [1.54, 1.807) is 0 Å². The molecular weight excluding hydrogens is 190 g/mol. The number of aromatic amines is 1. The van der Waals surface area contributed by atoms with Gasteiger partial charge in [-0.1, -0.05) is 18.2 Å². The second-order valence-corrected chi connectivity index (χ2v) is 3.64. The third-order valence-electron chi connectivity index (χ3n) is 2.71. The molecule has 4 nitrogen and oxygen atoms in total. The molecule has 0 aliphatic carbocycles. The lowest BCUT2D eigenvalue weighted by molar-refractivity contribution is 0.704. The van der Waals surface area contributed by atoms with Gasteiger partial charge in [-0.25, -0.2) is 0 Å². The van der Waals surface area contributed by atoms with E-state index in [0.29, 0.717) is 6.54 Å². The van der Waals surface area contributed by atoms with Crippen molar-refractivity contribution in [2.24, 2.45) is 0 Å². The van der Waals surface area contributed by atoms with Crippen molar-refractivity contribution in [3.63, 3.8) is 0 Å². The van der Waals surface area contributed by atoms with E-state index in [4.69, 9.17) is 0 Å². The number of hydrogen-bond acceptors (Lipinski definition) is 2. The average Bonchev–Trinajstić information content (AvgIpc) is 2.84. The van der Waals surface area contributed by atoms with Crippen molar-refractivity contribution >= 4 is 0 Å². The van der Waals surface area contributed by atoms with E-state index in [1.807, 2.05) is 35.0 Å². The maximum atomic E-state index is 11.6. The highest BCUT2D eigenvalue weighted by atomic mass is 16.1. The highest BCUT2D eigenvalue weighted by molar-refractivity contribution is 5.36. The van der Waals surface area contributed by atoms with Crippen molar-refractivity contribution in [2.75, 3.05) is 0 Å². The monoisotopic (exact) mass is 201 g/mol. The zero-order valence-corrected chi connectivity index (χ0v) is 8.16. The Bertz CT molecular complexity index is 539. The number of benzene rings is 1. The number of H-pyrrole nitrogens is 1. The number of aromatic nitrogens is 2. The summed E-state index contributed by atoms with van der Waals surface area (Å²) >= 11 is 0.